The van der Waals surface area contributed by atoms with Crippen molar-refractivity contribution in [1.82, 2.24) is 5.32 Å². The molecule has 0 aliphatic rings. The van der Waals surface area contributed by atoms with Crippen LogP contribution >= 0.6 is 0 Å². The number of likely N-dealkylation sites (N-methyl/N-ethyl adjacent to an activating group) is 1. The van der Waals surface area contributed by atoms with Crippen molar-refractivity contribution < 1.29 is 14.7 Å². The first-order chi connectivity index (χ1) is 5.07. The number of nitrogens with two attached hydrogens (primary N) is 1. The van der Waals surface area contributed by atoms with E-state index in [0.29, 0.717) is 0 Å². The van der Waals surface area contributed by atoms with Crippen molar-refractivity contribution in [2.45, 2.75) is 18.9 Å². The summed E-state index contributed by atoms with van der Waals surface area (Å²) in [6, 6.07) is 0. The van der Waals surface area contributed by atoms with Gasteiger partial charge in [-0.05, 0) is 6.42 Å². The molecule has 11 heavy (non-hydrogen) atoms. The fourth-order valence-corrected chi connectivity index (χ4v) is 0.577. The van der Waals surface area contributed by atoms with Crippen molar-refractivity contribution in [3.05, 3.63) is 0 Å². The van der Waals surface area contributed by atoms with Gasteiger partial charge < -0.3 is 16.2 Å². The van der Waals surface area contributed by atoms with Crippen molar-refractivity contribution in [2.24, 2.45) is 5.73 Å². The maximum absolute atomic E-state index is 10.6. The van der Waals surface area contributed by atoms with E-state index in [2.05, 4.69) is 5.32 Å². The Hall–Kier alpha value is -1.10. The molecule has 0 bridgehead atoms. The smallest absolute Gasteiger partial charge is 0.248 e. The standard InChI is InChI=1S/C6H12N2O3/c1-8-6(11)4(9)2-3-5(7)10/h4,9H,2-3H2,1H3,(H2,7,10)(H,8,11)/t4-/m0/s1. The first kappa shape index (κ1) is 9.90. The van der Waals surface area contributed by atoms with Crippen molar-refractivity contribution >= 4 is 11.8 Å². The Morgan fingerprint density at radius 2 is 2.18 bits per heavy atom. The predicted octanol–water partition coefficient (Wildman–Crippen LogP) is -1.64. The number of nitrogens with one attached hydrogen (secondary N) is 1. The number of carbonyl (C=O) groups is 2. The molecule has 2 amide bonds. The van der Waals surface area contributed by atoms with Crippen LogP contribution in [-0.4, -0.2) is 30.1 Å². The molecule has 0 heterocycles. The van der Waals surface area contributed by atoms with Crippen molar-refractivity contribution in [1.29, 1.82) is 0 Å². The molecule has 0 spiro atoms. The average molecular weight is 160 g/mol. The van der Waals surface area contributed by atoms with Gasteiger partial charge in [-0.3, -0.25) is 9.59 Å². The highest BCUT2D eigenvalue weighted by molar-refractivity contribution is 5.81. The highest BCUT2D eigenvalue weighted by Crippen LogP contribution is 1.95. The summed E-state index contributed by atoms with van der Waals surface area (Å²) in [5.74, 6) is -1.01. The number of carbonyl (C=O) groups excluding carboxylic acids is 2. The summed E-state index contributed by atoms with van der Waals surface area (Å²) in [5.41, 5.74) is 4.80. The summed E-state index contributed by atoms with van der Waals surface area (Å²) in [5, 5.41) is 11.2. The lowest BCUT2D eigenvalue weighted by Gasteiger charge is -2.06. The first-order valence-corrected chi connectivity index (χ1v) is 3.26. The van der Waals surface area contributed by atoms with Gasteiger partial charge in [-0.15, -0.1) is 0 Å². The number of aliphatic hydroxyl groups excluding tert-OH is 1. The number of hydrogen-bond acceptors (Lipinski definition) is 3. The van der Waals surface area contributed by atoms with Gasteiger partial charge in [0.25, 0.3) is 0 Å². The van der Waals surface area contributed by atoms with Crippen LogP contribution in [0.1, 0.15) is 12.8 Å². The highest BCUT2D eigenvalue weighted by atomic mass is 16.3. The number of primary amides is 1. The van der Waals surface area contributed by atoms with E-state index in [1.54, 1.807) is 0 Å². The van der Waals surface area contributed by atoms with E-state index < -0.39 is 17.9 Å². The van der Waals surface area contributed by atoms with Crippen molar-refractivity contribution in [2.75, 3.05) is 7.05 Å². The molecule has 0 saturated heterocycles. The third-order valence-corrected chi connectivity index (χ3v) is 1.21. The first-order valence-electron chi connectivity index (χ1n) is 3.26. The van der Waals surface area contributed by atoms with Crippen LogP contribution in [0.4, 0.5) is 0 Å². The topological polar surface area (TPSA) is 92.4 Å². The molecule has 5 nitrogen and oxygen atoms in total. The van der Waals surface area contributed by atoms with Crippen LogP contribution in [0.5, 0.6) is 0 Å². The van der Waals surface area contributed by atoms with Crippen LogP contribution in [0.3, 0.4) is 0 Å². The number of amides is 2. The summed E-state index contributed by atoms with van der Waals surface area (Å²) >= 11 is 0. The zero-order valence-electron chi connectivity index (χ0n) is 6.33. The second-order valence-corrected chi connectivity index (χ2v) is 2.14. The maximum Gasteiger partial charge on any atom is 0.248 e. The van der Waals surface area contributed by atoms with Gasteiger partial charge in [0.05, 0.1) is 0 Å². The Balaban J connectivity index is 3.60. The number of aliphatic hydroxyl groups is 1. The largest absolute Gasteiger partial charge is 0.383 e. The second-order valence-electron chi connectivity index (χ2n) is 2.14. The van der Waals surface area contributed by atoms with Crippen LogP contribution in [-0.2, 0) is 9.59 Å². The third kappa shape index (κ3) is 4.32. The average Bonchev–Trinajstić information content (AvgIpc) is 1.98. The van der Waals surface area contributed by atoms with Crippen LogP contribution in [0, 0.1) is 0 Å². The van der Waals surface area contributed by atoms with Gasteiger partial charge in [-0.1, -0.05) is 0 Å². The Kier molecular flexibility index (Phi) is 4.21. The SMILES string of the molecule is CNC(=O)[C@@H](O)CCC(N)=O. The van der Waals surface area contributed by atoms with Gasteiger partial charge in [0.15, 0.2) is 0 Å². The predicted molar refractivity (Wildman–Crippen MR) is 38.5 cm³/mol. The van der Waals surface area contributed by atoms with Gasteiger partial charge in [0, 0.05) is 13.5 Å². The molecule has 0 aliphatic heterocycles. The normalized spacial score (nSPS) is 12.2. The minimum absolute atomic E-state index is 0.0224. The van der Waals surface area contributed by atoms with E-state index in [1.165, 1.54) is 7.05 Å². The minimum atomic E-state index is -1.13. The van der Waals surface area contributed by atoms with E-state index in [-0.39, 0.29) is 12.8 Å². The molecule has 0 aliphatic carbocycles. The Morgan fingerprint density at radius 3 is 2.55 bits per heavy atom. The van der Waals surface area contributed by atoms with Crippen LogP contribution < -0.4 is 11.1 Å². The van der Waals surface area contributed by atoms with Crippen molar-refractivity contribution in [3.8, 4) is 0 Å². The molecule has 4 N–H and O–H groups in total. The fraction of sp³-hybridized carbons (Fsp3) is 0.667. The molecule has 0 aromatic rings. The Morgan fingerprint density at radius 1 is 1.64 bits per heavy atom. The zero-order chi connectivity index (χ0) is 8.85. The van der Waals surface area contributed by atoms with Crippen LogP contribution in [0.2, 0.25) is 0 Å². The summed E-state index contributed by atoms with van der Waals surface area (Å²) in [7, 11) is 1.41. The molecule has 0 saturated carbocycles. The second kappa shape index (κ2) is 4.68. The van der Waals surface area contributed by atoms with E-state index in [1.807, 2.05) is 0 Å². The Bertz CT molecular complexity index is 158. The van der Waals surface area contributed by atoms with Crippen molar-refractivity contribution in [3.63, 3.8) is 0 Å². The van der Waals surface area contributed by atoms with E-state index in [0.717, 1.165) is 0 Å². The Labute approximate surface area is 64.6 Å². The van der Waals surface area contributed by atoms with Gasteiger partial charge >= 0.3 is 0 Å². The van der Waals surface area contributed by atoms with Gasteiger partial charge in [0.1, 0.15) is 6.10 Å². The molecule has 0 rings (SSSR count). The molecular formula is C6H12N2O3. The number of rotatable bonds is 4. The molecule has 0 radical (unpaired) electrons. The van der Waals surface area contributed by atoms with Crippen LogP contribution in [0.25, 0.3) is 0 Å². The van der Waals surface area contributed by atoms with Gasteiger partial charge in [-0.25, -0.2) is 0 Å². The minimum Gasteiger partial charge on any atom is -0.383 e. The summed E-state index contributed by atoms with van der Waals surface area (Å²) in [6.07, 6.45) is -1.03. The third-order valence-electron chi connectivity index (χ3n) is 1.21. The molecule has 0 aromatic carbocycles. The quantitative estimate of drug-likeness (QED) is 0.460. The van der Waals surface area contributed by atoms with Gasteiger partial charge in [0.2, 0.25) is 11.8 Å². The summed E-state index contributed by atoms with van der Waals surface area (Å²) in [4.78, 5) is 20.8. The van der Waals surface area contributed by atoms with E-state index >= 15 is 0 Å². The molecule has 5 heteroatoms. The van der Waals surface area contributed by atoms with Crippen LogP contribution in [0.15, 0.2) is 0 Å². The highest BCUT2D eigenvalue weighted by Gasteiger charge is 2.13. The monoisotopic (exact) mass is 160 g/mol. The molecule has 0 fully saturated rings. The summed E-state index contributed by atoms with van der Waals surface area (Å²) in [6.45, 7) is 0. The molecule has 1 atom stereocenters. The van der Waals surface area contributed by atoms with E-state index in [9.17, 15) is 9.59 Å². The molecule has 0 aromatic heterocycles. The maximum atomic E-state index is 10.6. The van der Waals surface area contributed by atoms with E-state index in [4.69, 9.17) is 10.8 Å². The summed E-state index contributed by atoms with van der Waals surface area (Å²) < 4.78 is 0. The lowest BCUT2D eigenvalue weighted by Crippen LogP contribution is -2.32. The van der Waals surface area contributed by atoms with Gasteiger partial charge in [-0.2, -0.15) is 0 Å². The molecule has 64 valence electrons. The lowest BCUT2D eigenvalue weighted by molar-refractivity contribution is -0.129. The molecule has 0 unspecified atom stereocenters. The number of hydrogen-bond donors (Lipinski definition) is 3. The zero-order valence-corrected chi connectivity index (χ0v) is 6.33. The molecular weight excluding hydrogens is 148 g/mol. The lowest BCUT2D eigenvalue weighted by atomic mass is 10.2. The fourth-order valence-electron chi connectivity index (χ4n) is 0.577.